The van der Waals surface area contributed by atoms with Gasteiger partial charge in [-0.05, 0) is 38.0 Å². The average molecular weight is 312 g/mol. The fraction of sp³-hybridized carbons (Fsp3) is 0.389. The highest BCUT2D eigenvalue weighted by molar-refractivity contribution is 5.92. The second-order valence-electron chi connectivity index (χ2n) is 5.56. The molecule has 2 rings (SSSR count). The third-order valence-electron chi connectivity index (χ3n) is 3.79. The number of carbonyl (C=O) groups is 1. The van der Waals surface area contributed by atoms with Crippen molar-refractivity contribution < 1.29 is 4.79 Å². The van der Waals surface area contributed by atoms with E-state index in [0.717, 1.165) is 25.3 Å². The van der Waals surface area contributed by atoms with E-state index in [1.165, 1.54) is 5.56 Å². The molecular weight excluding hydrogens is 288 g/mol. The van der Waals surface area contributed by atoms with Gasteiger partial charge in [0.1, 0.15) is 0 Å². The van der Waals surface area contributed by atoms with E-state index in [2.05, 4.69) is 39.5 Å². The summed E-state index contributed by atoms with van der Waals surface area (Å²) in [5.41, 5.74) is 1.57. The van der Waals surface area contributed by atoms with Crippen molar-refractivity contribution in [1.82, 2.24) is 15.5 Å². The van der Waals surface area contributed by atoms with Gasteiger partial charge in [-0.25, -0.2) is 0 Å². The average Bonchev–Trinajstić information content (AvgIpc) is 2.60. The van der Waals surface area contributed by atoms with Crippen LogP contribution >= 0.6 is 0 Å². The minimum atomic E-state index is -0.176. The first-order valence-corrected chi connectivity index (χ1v) is 8.07. The van der Waals surface area contributed by atoms with Crippen LogP contribution in [-0.2, 0) is 6.54 Å². The van der Waals surface area contributed by atoms with Crippen molar-refractivity contribution in [1.29, 1.82) is 0 Å². The van der Waals surface area contributed by atoms with Crippen molar-refractivity contribution in [3.63, 3.8) is 0 Å². The molecule has 122 valence electrons. The summed E-state index contributed by atoms with van der Waals surface area (Å²) in [6.07, 6.45) is 0.887. The van der Waals surface area contributed by atoms with Gasteiger partial charge in [0.05, 0.1) is 0 Å². The number of hydrogen-bond acceptors (Lipinski definition) is 4. The number of aromatic nitrogens is 2. The van der Waals surface area contributed by atoms with Gasteiger partial charge in [-0.15, -0.1) is 10.2 Å². The first kappa shape index (κ1) is 16.9. The highest BCUT2D eigenvalue weighted by Gasteiger charge is 2.12. The standard InChI is InChI=1S/C18H24N4O/c1-4-14(3)19-18(23)16-11-12-17(21-20-16)22(5-2)13-15-9-7-6-8-10-15/h6-12,14H,4-5,13H2,1-3H3,(H,19,23). The van der Waals surface area contributed by atoms with E-state index >= 15 is 0 Å². The van der Waals surface area contributed by atoms with Gasteiger partial charge in [-0.1, -0.05) is 37.3 Å². The highest BCUT2D eigenvalue weighted by Crippen LogP contribution is 2.13. The number of benzene rings is 1. The van der Waals surface area contributed by atoms with Crippen molar-refractivity contribution in [3.8, 4) is 0 Å². The van der Waals surface area contributed by atoms with E-state index in [4.69, 9.17) is 0 Å². The van der Waals surface area contributed by atoms with E-state index in [1.807, 2.05) is 38.1 Å². The maximum atomic E-state index is 12.0. The number of anilines is 1. The zero-order valence-electron chi connectivity index (χ0n) is 14.0. The van der Waals surface area contributed by atoms with Gasteiger partial charge >= 0.3 is 0 Å². The SMILES string of the molecule is CCC(C)NC(=O)c1ccc(N(CC)Cc2ccccc2)nn1. The molecule has 1 atom stereocenters. The summed E-state index contributed by atoms with van der Waals surface area (Å²) in [6, 6.07) is 13.9. The summed E-state index contributed by atoms with van der Waals surface area (Å²) >= 11 is 0. The second kappa shape index (κ2) is 8.27. The van der Waals surface area contributed by atoms with E-state index in [0.29, 0.717) is 5.69 Å². The predicted molar refractivity (Wildman–Crippen MR) is 92.4 cm³/mol. The Morgan fingerprint density at radius 2 is 1.87 bits per heavy atom. The molecule has 1 aromatic heterocycles. The molecule has 5 nitrogen and oxygen atoms in total. The van der Waals surface area contributed by atoms with Crippen LogP contribution in [0, 0.1) is 0 Å². The molecule has 1 amide bonds. The third kappa shape index (κ3) is 4.77. The molecule has 5 heteroatoms. The topological polar surface area (TPSA) is 58.1 Å². The Morgan fingerprint density at radius 1 is 1.13 bits per heavy atom. The lowest BCUT2D eigenvalue weighted by Crippen LogP contribution is -2.33. The van der Waals surface area contributed by atoms with E-state index in [1.54, 1.807) is 6.07 Å². The Hall–Kier alpha value is -2.43. The van der Waals surface area contributed by atoms with Crippen LogP contribution in [-0.4, -0.2) is 28.7 Å². The Morgan fingerprint density at radius 3 is 2.43 bits per heavy atom. The largest absolute Gasteiger partial charge is 0.351 e. The molecule has 2 aromatic rings. The van der Waals surface area contributed by atoms with Crippen molar-refractivity contribution in [2.45, 2.75) is 39.8 Å². The van der Waals surface area contributed by atoms with Crippen LogP contribution < -0.4 is 10.2 Å². The number of nitrogens with zero attached hydrogens (tertiary/aromatic N) is 3. The predicted octanol–water partition coefficient (Wildman–Crippen LogP) is 3.03. The molecule has 0 aliphatic carbocycles. The summed E-state index contributed by atoms with van der Waals surface area (Å²) in [5.74, 6) is 0.598. The van der Waals surface area contributed by atoms with Crippen LogP contribution in [0.2, 0.25) is 0 Å². The summed E-state index contributed by atoms with van der Waals surface area (Å²) in [7, 11) is 0. The van der Waals surface area contributed by atoms with Crippen LogP contribution in [0.3, 0.4) is 0 Å². The van der Waals surface area contributed by atoms with Crippen LogP contribution in [0.15, 0.2) is 42.5 Å². The molecule has 23 heavy (non-hydrogen) atoms. The number of nitrogens with one attached hydrogen (secondary N) is 1. The number of amides is 1. The van der Waals surface area contributed by atoms with Crippen molar-refractivity contribution in [2.75, 3.05) is 11.4 Å². The molecular formula is C18H24N4O. The Labute approximate surface area is 137 Å². The van der Waals surface area contributed by atoms with Gasteiger partial charge in [0, 0.05) is 19.1 Å². The molecule has 1 N–H and O–H groups in total. The van der Waals surface area contributed by atoms with E-state index < -0.39 is 0 Å². The smallest absolute Gasteiger partial charge is 0.272 e. The number of rotatable bonds is 7. The minimum Gasteiger partial charge on any atom is -0.351 e. The maximum absolute atomic E-state index is 12.0. The molecule has 0 bridgehead atoms. The Bertz CT molecular complexity index is 613. The zero-order valence-corrected chi connectivity index (χ0v) is 14.0. The van der Waals surface area contributed by atoms with Crippen LogP contribution in [0.4, 0.5) is 5.82 Å². The summed E-state index contributed by atoms with van der Waals surface area (Å²) < 4.78 is 0. The van der Waals surface area contributed by atoms with Crippen LogP contribution in [0.5, 0.6) is 0 Å². The summed E-state index contributed by atoms with van der Waals surface area (Å²) in [4.78, 5) is 14.2. The van der Waals surface area contributed by atoms with Crippen molar-refractivity contribution >= 4 is 11.7 Å². The maximum Gasteiger partial charge on any atom is 0.272 e. The first-order chi connectivity index (χ1) is 11.1. The summed E-state index contributed by atoms with van der Waals surface area (Å²) in [5, 5.41) is 11.2. The van der Waals surface area contributed by atoms with Crippen molar-refractivity contribution in [3.05, 3.63) is 53.7 Å². The third-order valence-corrected chi connectivity index (χ3v) is 3.79. The van der Waals surface area contributed by atoms with Crippen molar-refractivity contribution in [2.24, 2.45) is 0 Å². The lowest BCUT2D eigenvalue weighted by atomic mass is 10.2. The first-order valence-electron chi connectivity index (χ1n) is 8.07. The van der Waals surface area contributed by atoms with Crippen LogP contribution in [0.1, 0.15) is 43.2 Å². The van der Waals surface area contributed by atoms with Gasteiger partial charge in [-0.3, -0.25) is 4.79 Å². The summed E-state index contributed by atoms with van der Waals surface area (Å²) in [6.45, 7) is 7.67. The molecule has 0 aliphatic rings. The Kier molecular flexibility index (Phi) is 6.09. The Balaban J connectivity index is 2.06. The second-order valence-corrected chi connectivity index (χ2v) is 5.56. The molecule has 1 unspecified atom stereocenters. The molecule has 1 aromatic carbocycles. The molecule has 0 fully saturated rings. The fourth-order valence-electron chi connectivity index (χ4n) is 2.17. The van der Waals surface area contributed by atoms with Gasteiger partial charge < -0.3 is 10.2 Å². The molecule has 0 saturated heterocycles. The van der Waals surface area contributed by atoms with E-state index in [9.17, 15) is 4.79 Å². The molecule has 0 radical (unpaired) electrons. The monoisotopic (exact) mass is 312 g/mol. The van der Waals surface area contributed by atoms with Gasteiger partial charge in [0.15, 0.2) is 11.5 Å². The fourth-order valence-corrected chi connectivity index (χ4v) is 2.17. The number of hydrogen-bond donors (Lipinski definition) is 1. The zero-order chi connectivity index (χ0) is 16.7. The van der Waals surface area contributed by atoms with Crippen LogP contribution in [0.25, 0.3) is 0 Å². The lowest BCUT2D eigenvalue weighted by molar-refractivity contribution is 0.0933. The minimum absolute atomic E-state index is 0.134. The van der Waals surface area contributed by atoms with Gasteiger partial charge in [-0.2, -0.15) is 0 Å². The van der Waals surface area contributed by atoms with E-state index in [-0.39, 0.29) is 11.9 Å². The lowest BCUT2D eigenvalue weighted by Gasteiger charge is -2.21. The molecule has 0 saturated carbocycles. The molecule has 0 aliphatic heterocycles. The van der Waals surface area contributed by atoms with Gasteiger partial charge in [0.25, 0.3) is 5.91 Å². The molecule has 1 heterocycles. The number of carbonyl (C=O) groups excluding carboxylic acids is 1. The van der Waals surface area contributed by atoms with Gasteiger partial charge in [0.2, 0.25) is 0 Å². The quantitative estimate of drug-likeness (QED) is 0.854. The molecule has 0 spiro atoms. The highest BCUT2D eigenvalue weighted by atomic mass is 16.2. The normalized spacial score (nSPS) is 11.8.